The van der Waals surface area contributed by atoms with Gasteiger partial charge in [0.1, 0.15) is 0 Å². The van der Waals surface area contributed by atoms with E-state index in [2.05, 4.69) is 5.32 Å². The van der Waals surface area contributed by atoms with Crippen molar-refractivity contribution in [3.05, 3.63) is 48.4 Å². The Labute approximate surface area is 126 Å². The summed E-state index contributed by atoms with van der Waals surface area (Å²) < 4.78 is 10.2. The van der Waals surface area contributed by atoms with Crippen LogP contribution >= 0.6 is 0 Å². The second-order valence-corrected chi connectivity index (χ2v) is 5.24. The van der Waals surface area contributed by atoms with Crippen molar-refractivity contribution in [3.63, 3.8) is 0 Å². The van der Waals surface area contributed by atoms with Gasteiger partial charge in [-0.25, -0.2) is 4.79 Å². The minimum absolute atomic E-state index is 0.0184. The number of rotatable bonds is 4. The van der Waals surface area contributed by atoms with Gasteiger partial charge in [0.05, 0.1) is 19.1 Å². The molecule has 2 aromatic rings. The average molecular weight is 301 g/mol. The number of carboxylic acid groups (broad SMARTS) is 1. The molecule has 0 bridgehead atoms. The molecule has 0 radical (unpaired) electrons. The highest BCUT2D eigenvalue weighted by molar-refractivity contribution is 5.98. The number of ether oxygens (including phenoxy) is 1. The first-order chi connectivity index (χ1) is 10.6. The molecule has 1 aliphatic heterocycles. The number of amides is 1. The van der Waals surface area contributed by atoms with Crippen molar-refractivity contribution in [2.24, 2.45) is 0 Å². The summed E-state index contributed by atoms with van der Waals surface area (Å²) in [6, 6.07) is 8.74. The van der Waals surface area contributed by atoms with E-state index < -0.39 is 17.4 Å². The Bertz CT molecular complexity index is 686. The second kappa shape index (κ2) is 5.65. The van der Waals surface area contributed by atoms with Crippen molar-refractivity contribution in [2.45, 2.75) is 12.0 Å². The molecular formula is C16H15NO5. The topological polar surface area (TPSA) is 88.8 Å². The van der Waals surface area contributed by atoms with Crippen molar-refractivity contribution < 1.29 is 23.8 Å². The molecule has 1 aromatic carbocycles. The van der Waals surface area contributed by atoms with E-state index in [4.69, 9.17) is 9.15 Å². The Morgan fingerprint density at radius 2 is 2.09 bits per heavy atom. The maximum Gasteiger partial charge on any atom is 0.331 e. The lowest BCUT2D eigenvalue weighted by molar-refractivity contribution is -0.144. The summed E-state index contributed by atoms with van der Waals surface area (Å²) in [7, 11) is 0. The molecule has 1 aromatic heterocycles. The SMILES string of the molecule is O=C(NC1(C(=O)O)CCOC1)c1cccc(-c2ccoc2)c1. The van der Waals surface area contributed by atoms with Gasteiger partial charge in [-0.1, -0.05) is 12.1 Å². The van der Waals surface area contributed by atoms with Gasteiger partial charge in [0.25, 0.3) is 5.91 Å². The Kier molecular flexibility index (Phi) is 3.68. The molecule has 1 aliphatic rings. The van der Waals surface area contributed by atoms with Gasteiger partial charge in [-0.2, -0.15) is 0 Å². The molecule has 6 heteroatoms. The summed E-state index contributed by atoms with van der Waals surface area (Å²) >= 11 is 0. The first kappa shape index (κ1) is 14.3. The summed E-state index contributed by atoms with van der Waals surface area (Å²) in [5.41, 5.74) is 0.731. The molecule has 2 heterocycles. The van der Waals surface area contributed by atoms with Gasteiger partial charge in [0.15, 0.2) is 5.54 Å². The lowest BCUT2D eigenvalue weighted by Crippen LogP contribution is -2.55. The molecular weight excluding hydrogens is 286 g/mol. The Morgan fingerprint density at radius 3 is 2.73 bits per heavy atom. The molecule has 1 fully saturated rings. The third-order valence-electron chi connectivity index (χ3n) is 3.76. The number of furan rings is 1. The summed E-state index contributed by atoms with van der Waals surface area (Å²) in [4.78, 5) is 23.8. The zero-order valence-electron chi connectivity index (χ0n) is 11.7. The lowest BCUT2D eigenvalue weighted by Gasteiger charge is -2.23. The standard InChI is InChI=1S/C16H15NO5/c18-14(17-16(15(19)20)5-7-22-10-16)12-3-1-2-11(8-12)13-4-6-21-9-13/h1-4,6,8-9H,5,7,10H2,(H,17,18)(H,19,20). The monoisotopic (exact) mass is 301 g/mol. The molecule has 1 amide bonds. The quantitative estimate of drug-likeness (QED) is 0.900. The van der Waals surface area contributed by atoms with Gasteiger partial charge in [0, 0.05) is 24.2 Å². The Morgan fingerprint density at radius 1 is 1.23 bits per heavy atom. The van der Waals surface area contributed by atoms with Crippen LogP contribution in [0.15, 0.2) is 47.3 Å². The first-order valence-corrected chi connectivity index (χ1v) is 6.87. The molecule has 6 nitrogen and oxygen atoms in total. The van der Waals surface area contributed by atoms with Crippen LogP contribution in [0.5, 0.6) is 0 Å². The van der Waals surface area contributed by atoms with Crippen LogP contribution in [0, 0.1) is 0 Å². The number of hydrogen-bond acceptors (Lipinski definition) is 4. The van der Waals surface area contributed by atoms with E-state index in [-0.39, 0.29) is 13.0 Å². The van der Waals surface area contributed by atoms with Crippen molar-refractivity contribution in [2.75, 3.05) is 13.2 Å². The van der Waals surface area contributed by atoms with Gasteiger partial charge >= 0.3 is 5.97 Å². The van der Waals surface area contributed by atoms with Crippen LogP contribution in [0.4, 0.5) is 0 Å². The van der Waals surface area contributed by atoms with Gasteiger partial charge in [-0.15, -0.1) is 0 Å². The minimum atomic E-state index is -1.34. The van der Waals surface area contributed by atoms with Crippen molar-refractivity contribution in [1.82, 2.24) is 5.32 Å². The van der Waals surface area contributed by atoms with E-state index in [1.165, 1.54) is 0 Å². The van der Waals surface area contributed by atoms with Crippen molar-refractivity contribution >= 4 is 11.9 Å². The lowest BCUT2D eigenvalue weighted by atomic mass is 9.97. The molecule has 1 atom stereocenters. The number of benzene rings is 1. The fourth-order valence-electron chi connectivity index (χ4n) is 2.44. The van der Waals surface area contributed by atoms with Crippen molar-refractivity contribution in [3.8, 4) is 11.1 Å². The van der Waals surface area contributed by atoms with Crippen LogP contribution in [-0.4, -0.2) is 35.7 Å². The molecule has 0 saturated carbocycles. The average Bonchev–Trinajstić information content (AvgIpc) is 3.19. The molecule has 1 saturated heterocycles. The van der Waals surface area contributed by atoms with E-state index in [0.29, 0.717) is 12.2 Å². The molecule has 0 aliphatic carbocycles. The zero-order chi connectivity index (χ0) is 15.6. The summed E-state index contributed by atoms with van der Waals surface area (Å²) in [6.45, 7) is 0.303. The fourth-order valence-corrected chi connectivity index (χ4v) is 2.44. The zero-order valence-corrected chi connectivity index (χ0v) is 11.7. The van der Waals surface area contributed by atoms with Gasteiger partial charge < -0.3 is 19.6 Å². The maximum atomic E-state index is 12.4. The van der Waals surface area contributed by atoms with E-state index in [9.17, 15) is 14.7 Å². The summed E-state index contributed by atoms with van der Waals surface area (Å²) in [5.74, 6) is -1.51. The van der Waals surface area contributed by atoms with Gasteiger partial charge in [-0.3, -0.25) is 4.79 Å². The van der Waals surface area contributed by atoms with Crippen LogP contribution in [0.2, 0.25) is 0 Å². The number of carbonyl (C=O) groups is 2. The summed E-state index contributed by atoms with van der Waals surface area (Å²) in [5, 5.41) is 12.0. The summed E-state index contributed by atoms with van der Waals surface area (Å²) in [6.07, 6.45) is 3.40. The second-order valence-electron chi connectivity index (χ2n) is 5.24. The predicted molar refractivity (Wildman–Crippen MR) is 77.4 cm³/mol. The predicted octanol–water partition coefficient (Wildman–Crippen LogP) is 1.92. The number of nitrogens with one attached hydrogen (secondary N) is 1. The molecule has 0 spiro atoms. The van der Waals surface area contributed by atoms with Gasteiger partial charge in [-0.05, 0) is 23.8 Å². The largest absolute Gasteiger partial charge is 0.479 e. The van der Waals surface area contributed by atoms with Crippen LogP contribution in [0.1, 0.15) is 16.8 Å². The number of aliphatic carboxylic acids is 1. The molecule has 3 rings (SSSR count). The van der Waals surface area contributed by atoms with E-state index in [0.717, 1.165) is 11.1 Å². The third kappa shape index (κ3) is 2.60. The van der Waals surface area contributed by atoms with Crippen LogP contribution in [0.3, 0.4) is 0 Å². The van der Waals surface area contributed by atoms with Crippen LogP contribution < -0.4 is 5.32 Å². The normalized spacial score (nSPS) is 20.7. The highest BCUT2D eigenvalue weighted by atomic mass is 16.5. The Balaban J connectivity index is 1.83. The maximum absolute atomic E-state index is 12.4. The number of carboxylic acids is 1. The molecule has 114 valence electrons. The van der Waals surface area contributed by atoms with E-state index in [1.54, 1.807) is 36.8 Å². The number of carbonyl (C=O) groups excluding carboxylic acids is 1. The van der Waals surface area contributed by atoms with Gasteiger partial charge in [0.2, 0.25) is 0 Å². The van der Waals surface area contributed by atoms with E-state index in [1.807, 2.05) is 6.07 Å². The smallest absolute Gasteiger partial charge is 0.331 e. The number of hydrogen-bond donors (Lipinski definition) is 2. The fraction of sp³-hybridized carbons (Fsp3) is 0.250. The highest BCUT2D eigenvalue weighted by Gasteiger charge is 2.44. The molecule has 22 heavy (non-hydrogen) atoms. The van der Waals surface area contributed by atoms with E-state index >= 15 is 0 Å². The van der Waals surface area contributed by atoms with Crippen LogP contribution in [0.25, 0.3) is 11.1 Å². The molecule has 2 N–H and O–H groups in total. The van der Waals surface area contributed by atoms with Crippen LogP contribution in [-0.2, 0) is 9.53 Å². The van der Waals surface area contributed by atoms with Crippen molar-refractivity contribution in [1.29, 1.82) is 0 Å². The third-order valence-corrected chi connectivity index (χ3v) is 3.76. The highest BCUT2D eigenvalue weighted by Crippen LogP contribution is 2.23. The minimum Gasteiger partial charge on any atom is -0.479 e. The first-order valence-electron chi connectivity index (χ1n) is 6.87. The molecule has 1 unspecified atom stereocenters. The Hall–Kier alpha value is -2.60.